The zero-order valence-electron chi connectivity index (χ0n) is 8.82. The summed E-state index contributed by atoms with van der Waals surface area (Å²) in [7, 11) is 0. The molecule has 0 bridgehead atoms. The van der Waals surface area contributed by atoms with Gasteiger partial charge in [-0.25, -0.2) is 8.78 Å². The molecule has 0 atom stereocenters. The van der Waals surface area contributed by atoms with Crippen molar-refractivity contribution >= 4 is 0 Å². The zero-order valence-corrected chi connectivity index (χ0v) is 8.82. The highest BCUT2D eigenvalue weighted by molar-refractivity contribution is 5.52. The number of hydrogen-bond donors (Lipinski definition) is 1. The molecule has 0 aliphatic rings. The van der Waals surface area contributed by atoms with Gasteiger partial charge in [-0.05, 0) is 18.2 Å². The van der Waals surface area contributed by atoms with Crippen molar-refractivity contribution in [2.45, 2.75) is 0 Å². The molecule has 0 fully saturated rings. The summed E-state index contributed by atoms with van der Waals surface area (Å²) in [5.41, 5.74) is 0.380. The van der Waals surface area contributed by atoms with E-state index in [1.807, 2.05) is 0 Å². The average molecular weight is 233 g/mol. The normalized spacial score (nSPS) is 9.82. The first kappa shape index (κ1) is 11.4. The molecule has 0 amide bonds. The van der Waals surface area contributed by atoms with Crippen LogP contribution >= 0.6 is 0 Å². The molecule has 0 radical (unpaired) electrons. The van der Waals surface area contributed by atoms with Crippen LogP contribution in [0.1, 0.15) is 5.56 Å². The van der Waals surface area contributed by atoms with Crippen molar-refractivity contribution in [2.24, 2.45) is 0 Å². The number of aliphatic hydroxyl groups is 1. The second kappa shape index (κ2) is 4.81. The van der Waals surface area contributed by atoms with E-state index in [-0.39, 0.29) is 17.9 Å². The van der Waals surface area contributed by atoms with Gasteiger partial charge in [0.15, 0.2) is 5.82 Å². The van der Waals surface area contributed by atoms with Gasteiger partial charge in [-0.3, -0.25) is 0 Å². The Morgan fingerprint density at radius 2 is 1.88 bits per heavy atom. The number of halogens is 2. The minimum atomic E-state index is -0.694. The van der Waals surface area contributed by atoms with E-state index in [1.54, 1.807) is 24.5 Å². The van der Waals surface area contributed by atoms with Gasteiger partial charge in [-0.15, -0.1) is 0 Å². The molecule has 0 unspecified atom stereocenters. The molecule has 0 aliphatic carbocycles. The smallest absolute Gasteiger partial charge is 0.151 e. The van der Waals surface area contributed by atoms with Crippen LogP contribution in [0.4, 0.5) is 8.78 Å². The number of hydrogen-bond acceptors (Lipinski definition) is 1. The molecule has 1 aromatic carbocycles. The van der Waals surface area contributed by atoms with Crippen molar-refractivity contribution < 1.29 is 13.9 Å². The Bertz CT molecular complexity index is 579. The zero-order chi connectivity index (χ0) is 12.3. The second-order valence-electron chi connectivity index (χ2n) is 3.33. The molecule has 4 heteroatoms. The van der Waals surface area contributed by atoms with E-state index in [2.05, 4.69) is 11.8 Å². The van der Waals surface area contributed by atoms with Crippen molar-refractivity contribution in [3.05, 3.63) is 53.9 Å². The first-order valence-electron chi connectivity index (χ1n) is 4.94. The van der Waals surface area contributed by atoms with Crippen LogP contribution < -0.4 is 0 Å². The number of aromatic nitrogens is 1. The topological polar surface area (TPSA) is 25.2 Å². The van der Waals surface area contributed by atoms with Crippen LogP contribution in [0, 0.1) is 23.5 Å². The van der Waals surface area contributed by atoms with Gasteiger partial charge in [0.2, 0.25) is 0 Å². The lowest BCUT2D eigenvalue weighted by Gasteiger charge is -2.07. The monoisotopic (exact) mass is 233 g/mol. The van der Waals surface area contributed by atoms with Crippen LogP contribution in [0.2, 0.25) is 0 Å². The molecule has 2 nitrogen and oxygen atoms in total. The standard InChI is InChI=1S/C13H9F2NO/c14-11-8-10(4-3-7-17)13(12(15)9-11)16-5-1-2-6-16/h1-2,5-6,8-9,17H,7H2. The highest BCUT2D eigenvalue weighted by Gasteiger charge is 2.11. The fourth-order valence-electron chi connectivity index (χ4n) is 1.54. The molecule has 2 aromatic rings. The predicted molar refractivity (Wildman–Crippen MR) is 59.6 cm³/mol. The van der Waals surface area contributed by atoms with Crippen LogP contribution in [0.25, 0.3) is 5.69 Å². The van der Waals surface area contributed by atoms with Gasteiger partial charge in [-0.2, -0.15) is 0 Å². The molecule has 1 heterocycles. The lowest BCUT2D eigenvalue weighted by Crippen LogP contribution is -2.00. The van der Waals surface area contributed by atoms with Gasteiger partial charge in [0.25, 0.3) is 0 Å². The average Bonchev–Trinajstić information content (AvgIpc) is 2.78. The Kier molecular flexibility index (Phi) is 3.22. The van der Waals surface area contributed by atoms with E-state index < -0.39 is 11.6 Å². The highest BCUT2D eigenvalue weighted by Crippen LogP contribution is 2.20. The van der Waals surface area contributed by atoms with Crippen LogP contribution in [-0.2, 0) is 0 Å². The Labute approximate surface area is 97.1 Å². The Hall–Kier alpha value is -2.12. The largest absolute Gasteiger partial charge is 0.384 e. The van der Waals surface area contributed by atoms with E-state index >= 15 is 0 Å². The lowest BCUT2D eigenvalue weighted by atomic mass is 10.1. The SMILES string of the molecule is OCC#Cc1cc(F)cc(F)c1-n1cccc1. The van der Waals surface area contributed by atoms with Crippen molar-refractivity contribution in [3.63, 3.8) is 0 Å². The molecular formula is C13H9F2NO. The second-order valence-corrected chi connectivity index (χ2v) is 3.33. The summed E-state index contributed by atoms with van der Waals surface area (Å²) >= 11 is 0. The van der Waals surface area contributed by atoms with Crippen LogP contribution in [0.5, 0.6) is 0 Å². The minimum absolute atomic E-state index is 0.178. The maximum atomic E-state index is 13.7. The van der Waals surface area contributed by atoms with Crippen molar-refractivity contribution in [1.29, 1.82) is 0 Å². The van der Waals surface area contributed by atoms with Crippen molar-refractivity contribution in [3.8, 4) is 17.5 Å². The third kappa shape index (κ3) is 2.35. The number of nitrogens with zero attached hydrogens (tertiary/aromatic N) is 1. The third-order valence-corrected chi connectivity index (χ3v) is 2.19. The van der Waals surface area contributed by atoms with Crippen molar-refractivity contribution in [1.82, 2.24) is 4.57 Å². The van der Waals surface area contributed by atoms with Gasteiger partial charge in [0.05, 0.1) is 11.3 Å². The number of benzene rings is 1. The third-order valence-electron chi connectivity index (χ3n) is 2.19. The molecule has 0 aliphatic heterocycles. The van der Waals surface area contributed by atoms with E-state index in [4.69, 9.17) is 5.11 Å². The summed E-state index contributed by atoms with van der Waals surface area (Å²) in [5, 5.41) is 8.62. The summed E-state index contributed by atoms with van der Waals surface area (Å²) in [6.07, 6.45) is 3.28. The van der Waals surface area contributed by atoms with Crippen LogP contribution in [-0.4, -0.2) is 16.3 Å². The Morgan fingerprint density at radius 1 is 1.18 bits per heavy atom. The van der Waals surface area contributed by atoms with Gasteiger partial charge in [-0.1, -0.05) is 11.8 Å². The summed E-state index contributed by atoms with van der Waals surface area (Å²) in [4.78, 5) is 0. The molecule has 0 saturated heterocycles. The summed E-state index contributed by atoms with van der Waals surface area (Å²) in [6.45, 7) is -0.358. The Balaban J connectivity index is 2.64. The predicted octanol–water partition coefficient (Wildman–Crippen LogP) is 2.10. The van der Waals surface area contributed by atoms with Crippen molar-refractivity contribution in [2.75, 3.05) is 6.61 Å². The molecule has 1 N–H and O–H groups in total. The first-order chi connectivity index (χ1) is 8.22. The van der Waals surface area contributed by atoms with E-state index in [9.17, 15) is 8.78 Å². The van der Waals surface area contributed by atoms with Gasteiger partial charge in [0.1, 0.15) is 12.4 Å². The minimum Gasteiger partial charge on any atom is -0.384 e. The summed E-state index contributed by atoms with van der Waals surface area (Å²) in [5.74, 6) is 3.53. The molecule has 86 valence electrons. The molecule has 17 heavy (non-hydrogen) atoms. The molecule has 2 rings (SSSR count). The Morgan fingerprint density at radius 3 is 2.53 bits per heavy atom. The van der Waals surface area contributed by atoms with Gasteiger partial charge >= 0.3 is 0 Å². The van der Waals surface area contributed by atoms with Gasteiger partial charge in [0, 0.05) is 18.5 Å². The number of aliphatic hydroxyl groups excluding tert-OH is 1. The van der Waals surface area contributed by atoms with E-state index in [0.29, 0.717) is 0 Å². The van der Waals surface area contributed by atoms with Gasteiger partial charge < -0.3 is 9.67 Å². The fourth-order valence-corrected chi connectivity index (χ4v) is 1.54. The summed E-state index contributed by atoms with van der Waals surface area (Å²) in [6, 6.07) is 5.40. The number of rotatable bonds is 1. The summed E-state index contributed by atoms with van der Waals surface area (Å²) < 4.78 is 28.3. The lowest BCUT2D eigenvalue weighted by molar-refractivity contribution is 0.350. The molecule has 1 aromatic heterocycles. The van der Waals surface area contributed by atoms with Crippen LogP contribution in [0.15, 0.2) is 36.7 Å². The van der Waals surface area contributed by atoms with E-state index in [0.717, 1.165) is 12.1 Å². The first-order valence-corrected chi connectivity index (χ1v) is 4.94. The quantitative estimate of drug-likeness (QED) is 0.750. The molecule has 0 saturated carbocycles. The van der Waals surface area contributed by atoms with E-state index in [1.165, 1.54) is 4.57 Å². The van der Waals surface area contributed by atoms with Crippen LogP contribution in [0.3, 0.4) is 0 Å². The molecular weight excluding hydrogens is 224 g/mol. The maximum absolute atomic E-state index is 13.7. The highest BCUT2D eigenvalue weighted by atomic mass is 19.1. The fraction of sp³-hybridized carbons (Fsp3) is 0.0769. The maximum Gasteiger partial charge on any atom is 0.151 e. The molecule has 0 spiro atoms.